The van der Waals surface area contributed by atoms with E-state index in [1.807, 2.05) is 65.6 Å². The van der Waals surface area contributed by atoms with Crippen molar-refractivity contribution in [3.05, 3.63) is 66.2 Å². The number of carbonyl (C=O) groups is 3. The molecule has 3 fully saturated rings. The Kier molecular flexibility index (Phi) is 7.66. The highest BCUT2D eigenvalue weighted by Crippen LogP contribution is 2.40. The summed E-state index contributed by atoms with van der Waals surface area (Å²) >= 11 is 0. The molecule has 36 heavy (non-hydrogen) atoms. The smallest absolute Gasteiger partial charge is 0.254 e. The molecule has 2 aromatic rings. The molecule has 0 spiro atoms. The van der Waals surface area contributed by atoms with Crippen LogP contribution in [0.2, 0.25) is 0 Å². The lowest BCUT2D eigenvalue weighted by Crippen LogP contribution is -2.53. The summed E-state index contributed by atoms with van der Waals surface area (Å²) in [5.41, 5.74) is 1.46. The molecule has 1 saturated carbocycles. The zero-order chi connectivity index (χ0) is 24.9. The molecule has 2 saturated heterocycles. The van der Waals surface area contributed by atoms with Crippen LogP contribution < -0.4 is 10.6 Å². The van der Waals surface area contributed by atoms with Gasteiger partial charge in [-0.05, 0) is 62.3 Å². The second-order valence-corrected chi connectivity index (χ2v) is 10.4. The van der Waals surface area contributed by atoms with Crippen LogP contribution in [0.1, 0.15) is 55.3 Å². The van der Waals surface area contributed by atoms with Crippen LogP contribution in [0.5, 0.6) is 0 Å². The molecule has 2 aliphatic heterocycles. The highest BCUT2D eigenvalue weighted by Gasteiger charge is 2.47. The molecule has 0 bridgehead atoms. The molecule has 5 rings (SSSR count). The number of benzene rings is 2. The number of carbonyl (C=O) groups excluding carboxylic acids is 3. The normalized spacial score (nSPS) is 24.7. The molecule has 0 aromatic heterocycles. The maximum Gasteiger partial charge on any atom is 0.254 e. The Morgan fingerprint density at radius 2 is 1.50 bits per heavy atom. The van der Waals surface area contributed by atoms with E-state index in [1.165, 1.54) is 6.42 Å². The maximum absolute atomic E-state index is 13.5. The largest absolute Gasteiger partial charge is 0.351 e. The fourth-order valence-electron chi connectivity index (χ4n) is 6.17. The fraction of sp³-hybridized carbons (Fsp3) is 0.483. The Morgan fingerprint density at radius 1 is 0.833 bits per heavy atom. The van der Waals surface area contributed by atoms with Gasteiger partial charge in [-0.1, -0.05) is 49.2 Å². The van der Waals surface area contributed by atoms with Crippen molar-refractivity contribution in [1.29, 1.82) is 0 Å². The Morgan fingerprint density at radius 3 is 2.22 bits per heavy atom. The van der Waals surface area contributed by atoms with Crippen LogP contribution in [-0.2, 0) is 9.59 Å². The molecule has 7 heteroatoms. The molecule has 7 nitrogen and oxygen atoms in total. The van der Waals surface area contributed by atoms with Gasteiger partial charge in [-0.3, -0.25) is 19.3 Å². The van der Waals surface area contributed by atoms with E-state index >= 15 is 0 Å². The first-order valence-corrected chi connectivity index (χ1v) is 13.3. The average Bonchev–Trinajstić information content (AvgIpc) is 3.30. The topological polar surface area (TPSA) is 81.8 Å². The predicted octanol–water partition coefficient (Wildman–Crippen LogP) is 3.68. The summed E-state index contributed by atoms with van der Waals surface area (Å²) in [5.74, 6) is 0.345. The Bertz CT molecular complexity index is 1050. The van der Waals surface area contributed by atoms with E-state index in [4.69, 9.17) is 0 Å². The Hall–Kier alpha value is -3.19. The minimum atomic E-state index is -0.402. The first-order valence-electron chi connectivity index (χ1n) is 13.3. The molecule has 3 amide bonds. The number of amides is 3. The maximum atomic E-state index is 13.5. The fourth-order valence-corrected chi connectivity index (χ4v) is 6.17. The van der Waals surface area contributed by atoms with E-state index in [1.54, 1.807) is 0 Å². The lowest BCUT2D eigenvalue weighted by atomic mass is 9.84. The molecule has 190 valence electrons. The van der Waals surface area contributed by atoms with Gasteiger partial charge in [-0.15, -0.1) is 0 Å². The number of nitrogens with zero attached hydrogens (tertiary/aromatic N) is 2. The summed E-state index contributed by atoms with van der Waals surface area (Å²) < 4.78 is 0. The van der Waals surface area contributed by atoms with E-state index in [-0.39, 0.29) is 29.8 Å². The molecular weight excluding hydrogens is 452 g/mol. The third-order valence-electron chi connectivity index (χ3n) is 8.00. The molecule has 3 unspecified atom stereocenters. The van der Waals surface area contributed by atoms with Crippen LogP contribution in [0.15, 0.2) is 60.7 Å². The van der Waals surface area contributed by atoms with Gasteiger partial charge in [0.1, 0.15) is 6.04 Å². The number of piperidine rings is 1. The van der Waals surface area contributed by atoms with Crippen molar-refractivity contribution >= 4 is 23.4 Å². The van der Waals surface area contributed by atoms with Crippen molar-refractivity contribution in [1.82, 2.24) is 15.1 Å². The highest BCUT2D eigenvalue weighted by molar-refractivity contribution is 5.98. The summed E-state index contributed by atoms with van der Waals surface area (Å²) in [6, 6.07) is 18.7. The van der Waals surface area contributed by atoms with Crippen LogP contribution in [0.4, 0.5) is 5.69 Å². The van der Waals surface area contributed by atoms with Gasteiger partial charge in [0.05, 0.1) is 6.54 Å². The summed E-state index contributed by atoms with van der Waals surface area (Å²) in [6.07, 6.45) is 6.73. The number of hydrogen-bond acceptors (Lipinski definition) is 4. The summed E-state index contributed by atoms with van der Waals surface area (Å²) in [5, 5.41) is 6.20. The number of para-hydroxylation sites is 1. The number of rotatable bonds is 6. The standard InChI is InChI=1S/C29H36N4O3/c34-27(30-23-12-5-2-6-13-23)20-32-17-15-24(16-18-32)31-28(35)26-19-22-11-7-8-14-25(22)33(26)29(36)21-9-3-1-4-10-21/h1-6,9-10,12-13,22,24-26H,7-8,11,14-20H2,(H,30,34)(H,31,35). The summed E-state index contributed by atoms with van der Waals surface area (Å²) in [6.45, 7) is 1.87. The number of fused-ring (bicyclic) bond motifs is 1. The van der Waals surface area contributed by atoms with Crippen LogP contribution >= 0.6 is 0 Å². The second-order valence-electron chi connectivity index (χ2n) is 10.4. The molecular formula is C29H36N4O3. The lowest BCUT2D eigenvalue weighted by molar-refractivity contribution is -0.126. The van der Waals surface area contributed by atoms with Crippen LogP contribution in [0, 0.1) is 5.92 Å². The quantitative estimate of drug-likeness (QED) is 0.650. The zero-order valence-corrected chi connectivity index (χ0v) is 20.8. The van der Waals surface area contributed by atoms with E-state index in [2.05, 4.69) is 15.5 Å². The van der Waals surface area contributed by atoms with Crippen molar-refractivity contribution in [2.45, 2.75) is 63.1 Å². The van der Waals surface area contributed by atoms with Gasteiger partial charge in [0.2, 0.25) is 11.8 Å². The van der Waals surface area contributed by atoms with Gasteiger partial charge < -0.3 is 15.5 Å². The van der Waals surface area contributed by atoms with Crippen molar-refractivity contribution in [2.24, 2.45) is 5.92 Å². The molecule has 2 aromatic carbocycles. The third kappa shape index (κ3) is 5.62. The lowest BCUT2D eigenvalue weighted by Gasteiger charge is -2.35. The molecule has 2 heterocycles. The zero-order valence-electron chi connectivity index (χ0n) is 20.8. The van der Waals surface area contributed by atoms with Gasteiger partial charge in [0, 0.05) is 36.4 Å². The van der Waals surface area contributed by atoms with Crippen molar-refractivity contribution < 1.29 is 14.4 Å². The molecule has 1 aliphatic carbocycles. The van der Waals surface area contributed by atoms with Crippen LogP contribution in [-0.4, -0.2) is 65.3 Å². The summed E-state index contributed by atoms with van der Waals surface area (Å²) in [7, 11) is 0. The minimum absolute atomic E-state index is 0.0195. The SMILES string of the molecule is O=C(CN1CCC(NC(=O)C2CC3CCCCC3N2C(=O)c2ccccc2)CC1)Nc1ccccc1. The first-order chi connectivity index (χ1) is 17.6. The second kappa shape index (κ2) is 11.2. The Labute approximate surface area is 213 Å². The third-order valence-corrected chi connectivity index (χ3v) is 8.00. The van der Waals surface area contributed by atoms with E-state index in [9.17, 15) is 14.4 Å². The number of likely N-dealkylation sites (tertiary alicyclic amines) is 2. The number of nitrogens with one attached hydrogen (secondary N) is 2. The Balaban J connectivity index is 1.16. The van der Waals surface area contributed by atoms with Gasteiger partial charge in [0.15, 0.2) is 0 Å². The first kappa shape index (κ1) is 24.5. The van der Waals surface area contributed by atoms with Gasteiger partial charge in [-0.25, -0.2) is 0 Å². The van der Waals surface area contributed by atoms with E-state index < -0.39 is 6.04 Å². The number of hydrogen-bond donors (Lipinski definition) is 2. The van der Waals surface area contributed by atoms with Crippen LogP contribution in [0.3, 0.4) is 0 Å². The number of anilines is 1. The molecule has 3 atom stereocenters. The van der Waals surface area contributed by atoms with E-state index in [0.29, 0.717) is 18.0 Å². The average molecular weight is 489 g/mol. The molecule has 2 N–H and O–H groups in total. The summed E-state index contributed by atoms with van der Waals surface area (Å²) in [4.78, 5) is 43.4. The predicted molar refractivity (Wildman–Crippen MR) is 139 cm³/mol. The minimum Gasteiger partial charge on any atom is -0.351 e. The van der Waals surface area contributed by atoms with Gasteiger partial charge in [0.25, 0.3) is 5.91 Å². The van der Waals surface area contributed by atoms with Gasteiger partial charge >= 0.3 is 0 Å². The van der Waals surface area contributed by atoms with Gasteiger partial charge in [-0.2, -0.15) is 0 Å². The highest BCUT2D eigenvalue weighted by atomic mass is 16.2. The van der Waals surface area contributed by atoms with Crippen molar-refractivity contribution in [2.75, 3.05) is 25.0 Å². The van der Waals surface area contributed by atoms with E-state index in [0.717, 1.165) is 57.3 Å². The monoisotopic (exact) mass is 488 g/mol. The van der Waals surface area contributed by atoms with Crippen molar-refractivity contribution in [3.8, 4) is 0 Å². The molecule has 3 aliphatic rings. The van der Waals surface area contributed by atoms with Crippen LogP contribution in [0.25, 0.3) is 0 Å². The van der Waals surface area contributed by atoms with Crippen molar-refractivity contribution in [3.63, 3.8) is 0 Å². The molecule has 0 radical (unpaired) electrons.